The minimum absolute atomic E-state index is 0.114. The van der Waals surface area contributed by atoms with E-state index in [0.717, 1.165) is 72.9 Å². The van der Waals surface area contributed by atoms with Crippen LogP contribution in [0.3, 0.4) is 0 Å². The van der Waals surface area contributed by atoms with E-state index in [1.165, 1.54) is 0 Å². The van der Waals surface area contributed by atoms with Gasteiger partial charge in [-0.15, -0.1) is 0 Å². The van der Waals surface area contributed by atoms with Crippen LogP contribution in [-0.4, -0.2) is 53.5 Å². The Kier molecular flexibility index (Phi) is 8.01. The fourth-order valence-electron chi connectivity index (χ4n) is 3.74. The lowest BCUT2D eigenvalue weighted by Gasteiger charge is -2.34. The molecule has 0 radical (unpaired) electrons. The third-order valence-electron chi connectivity index (χ3n) is 5.84. The van der Waals surface area contributed by atoms with Gasteiger partial charge in [0.15, 0.2) is 5.16 Å². The van der Waals surface area contributed by atoms with Crippen LogP contribution >= 0.6 is 11.8 Å². The predicted octanol–water partition coefficient (Wildman–Crippen LogP) is 4.00. The maximum absolute atomic E-state index is 12.3. The smallest absolute Gasteiger partial charge is 0.251 e. The third kappa shape index (κ3) is 6.36. The molecule has 3 heterocycles. The van der Waals surface area contributed by atoms with E-state index in [-0.39, 0.29) is 5.91 Å². The molecule has 1 aliphatic rings. The maximum atomic E-state index is 12.3. The number of thioether (sulfide) groups is 1. The van der Waals surface area contributed by atoms with Crippen LogP contribution in [0.1, 0.15) is 41.2 Å². The van der Waals surface area contributed by atoms with Crippen LogP contribution in [0.2, 0.25) is 0 Å². The van der Waals surface area contributed by atoms with Crippen LogP contribution in [-0.2, 0) is 18.7 Å². The summed E-state index contributed by atoms with van der Waals surface area (Å²) in [6, 6.07) is 13.5. The molecule has 0 atom stereocenters. The summed E-state index contributed by atoms with van der Waals surface area (Å²) >= 11 is 1.64. The molecule has 1 aliphatic heterocycles. The van der Waals surface area contributed by atoms with Crippen molar-refractivity contribution < 1.29 is 9.21 Å². The van der Waals surface area contributed by atoms with E-state index in [0.29, 0.717) is 12.1 Å². The largest absolute Gasteiger partial charge is 0.467 e. The molecule has 33 heavy (non-hydrogen) atoms. The lowest BCUT2D eigenvalue weighted by atomic mass is 10.1. The second kappa shape index (κ2) is 11.3. The molecule has 1 aromatic carbocycles. The first-order valence-corrected chi connectivity index (χ1v) is 12.5. The molecule has 4 rings (SSSR count). The average molecular weight is 466 g/mol. The number of benzene rings is 1. The number of aryl methyl sites for hydroxylation is 1. The average Bonchev–Trinajstić information content (AvgIpc) is 3.40. The van der Waals surface area contributed by atoms with E-state index in [1.54, 1.807) is 18.0 Å². The van der Waals surface area contributed by atoms with Crippen molar-refractivity contribution in [3.8, 4) is 0 Å². The zero-order valence-electron chi connectivity index (χ0n) is 19.3. The topological polar surface area (TPSA) is 74.5 Å². The molecule has 7 nitrogen and oxygen atoms in total. The van der Waals surface area contributed by atoms with Gasteiger partial charge in [-0.1, -0.05) is 37.7 Å². The molecular weight excluding hydrogens is 434 g/mol. The molecule has 8 heteroatoms. The third-order valence-corrected chi connectivity index (χ3v) is 6.76. The number of anilines is 1. The van der Waals surface area contributed by atoms with E-state index in [1.807, 2.05) is 36.4 Å². The number of furan rings is 1. The highest BCUT2D eigenvalue weighted by molar-refractivity contribution is 7.98. The first kappa shape index (κ1) is 23.3. The Bertz CT molecular complexity index is 1030. The van der Waals surface area contributed by atoms with Gasteiger partial charge in [0.1, 0.15) is 11.6 Å². The van der Waals surface area contributed by atoms with Crippen molar-refractivity contribution in [2.75, 3.05) is 37.6 Å². The Balaban J connectivity index is 1.34. The highest BCUT2D eigenvalue weighted by Gasteiger charge is 2.18. The first-order valence-electron chi connectivity index (χ1n) is 11.5. The number of hydrogen-bond donors (Lipinski definition) is 1. The number of amides is 1. The minimum atomic E-state index is -0.114. The number of carbonyl (C=O) groups excluding carboxylic acids is 1. The van der Waals surface area contributed by atoms with Crippen molar-refractivity contribution in [1.29, 1.82) is 0 Å². The Labute approximate surface area is 199 Å². The molecule has 0 saturated carbocycles. The SMILES string of the molecule is CCc1cc(N2CCN(CC)CC2)nc(SCc2ccc(C(=O)NCc3ccco3)cc2)n1. The molecule has 174 valence electrons. The summed E-state index contributed by atoms with van der Waals surface area (Å²) in [7, 11) is 0. The lowest BCUT2D eigenvalue weighted by Crippen LogP contribution is -2.46. The number of likely N-dealkylation sites (N-methyl/N-ethyl adjacent to an activating group) is 1. The van der Waals surface area contributed by atoms with E-state index >= 15 is 0 Å². The Hall–Kier alpha value is -2.84. The molecular formula is C25H31N5O2S. The summed E-state index contributed by atoms with van der Waals surface area (Å²) < 4.78 is 5.25. The van der Waals surface area contributed by atoms with Gasteiger partial charge in [-0.25, -0.2) is 9.97 Å². The number of aromatic nitrogens is 2. The number of rotatable bonds is 9. The molecule has 0 bridgehead atoms. The number of nitrogens with one attached hydrogen (secondary N) is 1. The van der Waals surface area contributed by atoms with Crippen molar-refractivity contribution in [3.05, 3.63) is 71.3 Å². The quantitative estimate of drug-likeness (QED) is 0.378. The van der Waals surface area contributed by atoms with Crippen molar-refractivity contribution in [1.82, 2.24) is 20.2 Å². The normalized spacial score (nSPS) is 14.4. The minimum Gasteiger partial charge on any atom is -0.467 e. The zero-order valence-corrected chi connectivity index (χ0v) is 20.1. The van der Waals surface area contributed by atoms with Crippen molar-refractivity contribution in [2.24, 2.45) is 0 Å². The molecule has 1 amide bonds. The van der Waals surface area contributed by atoms with E-state index < -0.39 is 0 Å². The summed E-state index contributed by atoms with van der Waals surface area (Å²) in [5, 5.41) is 3.68. The standard InChI is InChI=1S/C25H31N5O2S/c1-3-21-16-23(30-13-11-29(4-2)12-14-30)28-25(27-21)33-18-19-7-9-20(10-8-19)24(31)26-17-22-6-5-15-32-22/h5-10,15-16H,3-4,11-14,17-18H2,1-2H3,(H,26,31). The van der Waals surface area contributed by atoms with Crippen molar-refractivity contribution >= 4 is 23.5 Å². The Morgan fingerprint density at radius 3 is 2.55 bits per heavy atom. The van der Waals surface area contributed by atoms with Crippen LogP contribution in [0.4, 0.5) is 5.82 Å². The van der Waals surface area contributed by atoms with Crippen LogP contribution < -0.4 is 10.2 Å². The van der Waals surface area contributed by atoms with Gasteiger partial charge < -0.3 is 19.5 Å². The number of carbonyl (C=O) groups is 1. The zero-order chi connectivity index (χ0) is 23.0. The number of hydrogen-bond acceptors (Lipinski definition) is 7. The first-order chi connectivity index (χ1) is 16.1. The second-order valence-electron chi connectivity index (χ2n) is 8.02. The summed E-state index contributed by atoms with van der Waals surface area (Å²) in [5.41, 5.74) is 2.84. The van der Waals surface area contributed by atoms with Crippen molar-refractivity contribution in [3.63, 3.8) is 0 Å². The molecule has 3 aromatic rings. The van der Waals surface area contributed by atoms with E-state index in [9.17, 15) is 4.79 Å². The van der Waals surface area contributed by atoms with E-state index in [4.69, 9.17) is 14.4 Å². The summed E-state index contributed by atoms with van der Waals surface area (Å²) in [6.45, 7) is 9.98. The van der Waals surface area contributed by atoms with Gasteiger partial charge in [0.2, 0.25) is 0 Å². The van der Waals surface area contributed by atoms with Crippen LogP contribution in [0, 0.1) is 0 Å². The fraction of sp³-hybridized carbons (Fsp3) is 0.400. The van der Waals surface area contributed by atoms with Crippen LogP contribution in [0.15, 0.2) is 58.3 Å². The van der Waals surface area contributed by atoms with Crippen LogP contribution in [0.25, 0.3) is 0 Å². The summed E-state index contributed by atoms with van der Waals surface area (Å²) in [6.07, 6.45) is 2.49. The fourth-order valence-corrected chi connectivity index (χ4v) is 4.57. The van der Waals surface area contributed by atoms with Gasteiger partial charge in [0.25, 0.3) is 5.91 Å². The molecule has 0 unspecified atom stereocenters. The molecule has 1 fully saturated rings. The van der Waals surface area contributed by atoms with Gasteiger partial charge in [0.05, 0.1) is 12.8 Å². The highest BCUT2D eigenvalue weighted by atomic mass is 32.2. The van der Waals surface area contributed by atoms with Crippen LogP contribution in [0.5, 0.6) is 0 Å². The second-order valence-corrected chi connectivity index (χ2v) is 8.97. The Morgan fingerprint density at radius 2 is 1.88 bits per heavy atom. The molecule has 2 aromatic heterocycles. The summed E-state index contributed by atoms with van der Waals surface area (Å²) in [5.74, 6) is 2.41. The molecule has 0 aliphatic carbocycles. The van der Waals surface area contributed by atoms with Gasteiger partial charge in [-0.05, 0) is 42.8 Å². The number of nitrogens with zero attached hydrogens (tertiary/aromatic N) is 4. The van der Waals surface area contributed by atoms with Gasteiger partial charge in [-0.3, -0.25) is 4.79 Å². The van der Waals surface area contributed by atoms with Gasteiger partial charge in [0, 0.05) is 49.3 Å². The van der Waals surface area contributed by atoms with Gasteiger partial charge in [-0.2, -0.15) is 0 Å². The molecule has 1 N–H and O–H groups in total. The predicted molar refractivity (Wildman–Crippen MR) is 132 cm³/mol. The van der Waals surface area contributed by atoms with Crippen molar-refractivity contribution in [2.45, 2.75) is 37.7 Å². The van der Waals surface area contributed by atoms with E-state index in [2.05, 4.69) is 35.0 Å². The van der Waals surface area contributed by atoms with Gasteiger partial charge >= 0.3 is 0 Å². The monoisotopic (exact) mass is 465 g/mol. The lowest BCUT2D eigenvalue weighted by molar-refractivity contribution is 0.0948. The number of piperazine rings is 1. The molecule has 1 saturated heterocycles. The maximum Gasteiger partial charge on any atom is 0.251 e. The highest BCUT2D eigenvalue weighted by Crippen LogP contribution is 2.24. The Morgan fingerprint density at radius 1 is 1.09 bits per heavy atom. The summed E-state index contributed by atoms with van der Waals surface area (Å²) in [4.78, 5) is 26.8. The molecule has 0 spiro atoms.